The Kier molecular flexibility index (Phi) is 6.49. The maximum absolute atomic E-state index is 10.4. The van der Waals surface area contributed by atoms with E-state index in [4.69, 9.17) is 9.16 Å². The normalized spacial score (nSPS) is 12.1. The molecule has 0 saturated heterocycles. The number of aldehydes is 1. The maximum Gasteiger partial charge on any atom is 0.261 e. The van der Waals surface area contributed by atoms with Crippen LogP contribution in [0, 0.1) is 0 Å². The zero-order chi connectivity index (χ0) is 17.5. The Morgan fingerprint density at radius 2 is 1.38 bits per heavy atom. The Morgan fingerprint density at radius 1 is 0.875 bits per heavy atom. The minimum Gasteiger partial charge on any atom is -0.405 e. The van der Waals surface area contributed by atoms with Crippen LogP contribution in [0.2, 0.25) is 5.04 Å². The fraction of sp³-hybridized carbons (Fsp3) is 0.350. The van der Waals surface area contributed by atoms with Gasteiger partial charge in [0.25, 0.3) is 8.32 Å². The molecule has 0 aliphatic heterocycles. The molecular weight excluding hydrogens is 316 g/mol. The third kappa shape index (κ3) is 4.01. The fourth-order valence-corrected chi connectivity index (χ4v) is 7.69. The molecule has 2 aromatic carbocycles. The Hall–Kier alpha value is -1.75. The average Bonchev–Trinajstić information content (AvgIpc) is 2.59. The zero-order valence-electron chi connectivity index (χ0n) is 14.7. The summed E-state index contributed by atoms with van der Waals surface area (Å²) in [4.78, 5) is 10.4. The third-order valence-electron chi connectivity index (χ3n) is 4.15. The van der Waals surface area contributed by atoms with E-state index in [1.165, 1.54) is 10.4 Å². The smallest absolute Gasteiger partial charge is 0.261 e. The van der Waals surface area contributed by atoms with Crippen molar-refractivity contribution in [3.8, 4) is 0 Å². The minimum atomic E-state index is -2.48. The van der Waals surface area contributed by atoms with E-state index in [9.17, 15) is 4.79 Å². The lowest BCUT2D eigenvalue weighted by atomic mass is 10.2. The quantitative estimate of drug-likeness (QED) is 0.420. The number of ether oxygens (including phenoxy) is 1. The van der Waals surface area contributed by atoms with Crippen molar-refractivity contribution in [3.05, 3.63) is 60.7 Å². The second-order valence-corrected chi connectivity index (χ2v) is 11.1. The van der Waals surface area contributed by atoms with Crippen molar-refractivity contribution in [1.82, 2.24) is 0 Å². The second kappa shape index (κ2) is 8.38. The van der Waals surface area contributed by atoms with E-state index in [-0.39, 0.29) is 11.6 Å². The predicted octanol–water partition coefficient (Wildman–Crippen LogP) is 2.78. The Balaban J connectivity index is 2.43. The number of benzene rings is 2. The lowest BCUT2D eigenvalue weighted by Crippen LogP contribution is -2.66. The number of rotatable bonds is 8. The molecule has 0 amide bonds. The number of hydrogen-bond donors (Lipinski definition) is 0. The van der Waals surface area contributed by atoms with Gasteiger partial charge in [-0.2, -0.15) is 0 Å². The largest absolute Gasteiger partial charge is 0.405 e. The molecule has 0 spiro atoms. The summed E-state index contributed by atoms with van der Waals surface area (Å²) in [5, 5.41) is 2.46. The molecule has 2 rings (SSSR count). The molecule has 0 radical (unpaired) electrons. The summed E-state index contributed by atoms with van der Waals surface area (Å²) in [7, 11) is -2.48. The first kappa shape index (κ1) is 18.6. The van der Waals surface area contributed by atoms with Crippen molar-refractivity contribution in [3.63, 3.8) is 0 Å². The van der Waals surface area contributed by atoms with Crippen LogP contribution in [0.25, 0.3) is 0 Å². The van der Waals surface area contributed by atoms with Gasteiger partial charge >= 0.3 is 0 Å². The van der Waals surface area contributed by atoms with Crippen molar-refractivity contribution < 1.29 is 14.0 Å². The van der Waals surface area contributed by atoms with Crippen molar-refractivity contribution in [1.29, 1.82) is 0 Å². The van der Waals surface area contributed by atoms with E-state index in [0.717, 1.165) is 6.29 Å². The molecule has 0 fully saturated rings. The summed E-state index contributed by atoms with van der Waals surface area (Å²) in [5.41, 5.74) is 0. The molecule has 128 valence electrons. The highest BCUT2D eigenvalue weighted by atomic mass is 28.4. The Labute approximate surface area is 145 Å². The van der Waals surface area contributed by atoms with Crippen LogP contribution in [0.15, 0.2) is 60.7 Å². The van der Waals surface area contributed by atoms with E-state index in [1.807, 2.05) is 12.1 Å². The van der Waals surface area contributed by atoms with Crippen LogP contribution in [0.1, 0.15) is 20.8 Å². The van der Waals surface area contributed by atoms with Crippen molar-refractivity contribution >= 4 is 25.0 Å². The van der Waals surface area contributed by atoms with Gasteiger partial charge in [0.1, 0.15) is 12.9 Å². The topological polar surface area (TPSA) is 35.5 Å². The maximum atomic E-state index is 10.4. The summed E-state index contributed by atoms with van der Waals surface area (Å²) in [6.45, 7) is 7.73. The van der Waals surface area contributed by atoms with Crippen LogP contribution in [-0.2, 0) is 14.0 Å². The van der Waals surface area contributed by atoms with E-state index in [1.54, 1.807) is 0 Å². The Morgan fingerprint density at radius 3 is 1.79 bits per heavy atom. The molecule has 0 bridgehead atoms. The van der Waals surface area contributed by atoms with E-state index in [0.29, 0.717) is 13.2 Å². The highest BCUT2D eigenvalue weighted by Gasteiger charge is 2.49. The van der Waals surface area contributed by atoms with Crippen LogP contribution < -0.4 is 10.4 Å². The van der Waals surface area contributed by atoms with Crippen LogP contribution >= 0.6 is 0 Å². The molecule has 0 heterocycles. The molecule has 3 nitrogen and oxygen atoms in total. The fourth-order valence-electron chi connectivity index (χ4n) is 3.15. The number of hydrogen-bond acceptors (Lipinski definition) is 3. The van der Waals surface area contributed by atoms with Crippen molar-refractivity contribution in [2.75, 3.05) is 19.8 Å². The molecule has 2 aromatic rings. The minimum absolute atomic E-state index is 0.0413. The molecule has 0 N–H and O–H groups in total. The highest BCUT2D eigenvalue weighted by molar-refractivity contribution is 6.99. The molecule has 4 heteroatoms. The summed E-state index contributed by atoms with van der Waals surface area (Å²) in [6.07, 6.45) is 0.767. The van der Waals surface area contributed by atoms with Gasteiger partial charge in [-0.1, -0.05) is 81.4 Å². The highest BCUT2D eigenvalue weighted by Crippen LogP contribution is 2.36. The average molecular weight is 343 g/mol. The van der Waals surface area contributed by atoms with Gasteiger partial charge in [-0.3, -0.25) is 0 Å². The summed E-state index contributed by atoms with van der Waals surface area (Å²) >= 11 is 0. The van der Waals surface area contributed by atoms with Crippen LogP contribution in [0.5, 0.6) is 0 Å². The molecule has 24 heavy (non-hydrogen) atoms. The van der Waals surface area contributed by atoms with Gasteiger partial charge < -0.3 is 14.0 Å². The van der Waals surface area contributed by atoms with Crippen molar-refractivity contribution in [2.45, 2.75) is 25.8 Å². The lowest BCUT2D eigenvalue weighted by Gasteiger charge is -2.43. The van der Waals surface area contributed by atoms with Gasteiger partial charge in [0.15, 0.2) is 0 Å². The van der Waals surface area contributed by atoms with E-state index < -0.39 is 8.32 Å². The second-order valence-electron chi connectivity index (χ2n) is 6.75. The van der Waals surface area contributed by atoms with Crippen LogP contribution in [0.4, 0.5) is 0 Å². The molecule has 0 saturated carbocycles. The first-order valence-electron chi connectivity index (χ1n) is 8.29. The standard InChI is InChI=1S/C20H26O3Si/c1-20(2,3)24(18-10-6-4-7-11-18,19-12-8-5-9-13-19)23-17-16-22-15-14-21/h4-14H,15-17H2,1-3H3. The van der Waals surface area contributed by atoms with Gasteiger partial charge in [-0.05, 0) is 15.4 Å². The zero-order valence-corrected chi connectivity index (χ0v) is 15.7. The SMILES string of the molecule is CC(C)(C)[Si](OCCOCC=O)(c1ccccc1)c1ccccc1. The Bertz CT molecular complexity index is 581. The predicted molar refractivity (Wildman–Crippen MR) is 100 cm³/mol. The van der Waals surface area contributed by atoms with Crippen molar-refractivity contribution in [2.24, 2.45) is 0 Å². The first-order valence-corrected chi connectivity index (χ1v) is 10.2. The van der Waals surface area contributed by atoms with E-state index in [2.05, 4.69) is 69.3 Å². The summed E-state index contributed by atoms with van der Waals surface area (Å²) in [6, 6.07) is 21.0. The molecular formula is C20H26O3Si. The van der Waals surface area contributed by atoms with Gasteiger partial charge in [0, 0.05) is 0 Å². The molecule has 0 aliphatic carbocycles. The number of carbonyl (C=O) groups excluding carboxylic acids is 1. The van der Waals surface area contributed by atoms with Gasteiger partial charge in [-0.15, -0.1) is 0 Å². The van der Waals surface area contributed by atoms with Gasteiger partial charge in [-0.25, -0.2) is 0 Å². The monoisotopic (exact) mass is 342 g/mol. The van der Waals surface area contributed by atoms with Crippen LogP contribution in [0.3, 0.4) is 0 Å². The van der Waals surface area contributed by atoms with Gasteiger partial charge in [0.05, 0.1) is 13.2 Å². The molecule has 0 unspecified atom stereocenters. The molecule has 0 atom stereocenters. The molecule has 0 aliphatic rings. The van der Waals surface area contributed by atoms with Crippen LogP contribution in [-0.4, -0.2) is 34.4 Å². The number of carbonyl (C=O) groups is 1. The lowest BCUT2D eigenvalue weighted by molar-refractivity contribution is -0.112. The first-order chi connectivity index (χ1) is 11.5. The summed E-state index contributed by atoms with van der Waals surface area (Å²) < 4.78 is 11.9. The van der Waals surface area contributed by atoms with Gasteiger partial charge in [0.2, 0.25) is 0 Å². The third-order valence-corrected chi connectivity index (χ3v) is 9.19. The van der Waals surface area contributed by atoms with E-state index >= 15 is 0 Å². The summed E-state index contributed by atoms with van der Waals surface area (Å²) in [5.74, 6) is 0. The molecule has 0 aromatic heterocycles.